The minimum Gasteiger partial charge on any atom is -0.428 e. The second kappa shape index (κ2) is 6.25. The predicted molar refractivity (Wildman–Crippen MR) is 89.4 cm³/mol. The standard InChI is InChI=1S/C17H15Cl2F2NO3/c1-9(23)25-14-13(11-3-2-10(18)8-12(11)19)15(24)22-16(14)4-6-17(20,21)7-5-16/h2-3,8H,4-7H2,1H3,(H,22,24). The zero-order valence-corrected chi connectivity index (χ0v) is 14.8. The van der Waals surface area contributed by atoms with Crippen LogP contribution in [0.3, 0.4) is 0 Å². The fourth-order valence-electron chi connectivity index (χ4n) is 3.30. The highest BCUT2D eigenvalue weighted by molar-refractivity contribution is 6.38. The van der Waals surface area contributed by atoms with Crippen molar-refractivity contribution in [2.45, 2.75) is 44.1 Å². The number of carbonyl (C=O) groups excluding carboxylic acids is 2. The van der Waals surface area contributed by atoms with Gasteiger partial charge < -0.3 is 10.1 Å². The number of halogens is 4. The van der Waals surface area contributed by atoms with Gasteiger partial charge in [-0.05, 0) is 25.0 Å². The van der Waals surface area contributed by atoms with Crippen molar-refractivity contribution in [2.24, 2.45) is 0 Å². The van der Waals surface area contributed by atoms with Gasteiger partial charge in [-0.1, -0.05) is 29.3 Å². The Balaban J connectivity index is 2.12. The van der Waals surface area contributed by atoms with Crippen molar-refractivity contribution in [1.29, 1.82) is 0 Å². The summed E-state index contributed by atoms with van der Waals surface area (Å²) in [7, 11) is 0. The first kappa shape index (κ1) is 18.1. The smallest absolute Gasteiger partial charge is 0.307 e. The molecule has 25 heavy (non-hydrogen) atoms. The fourth-order valence-corrected chi connectivity index (χ4v) is 3.81. The summed E-state index contributed by atoms with van der Waals surface area (Å²) in [6.45, 7) is 1.20. The molecule has 1 aromatic rings. The summed E-state index contributed by atoms with van der Waals surface area (Å²) >= 11 is 12.1. The van der Waals surface area contributed by atoms with Crippen molar-refractivity contribution in [1.82, 2.24) is 5.32 Å². The maximum atomic E-state index is 13.6. The molecule has 8 heteroatoms. The zero-order valence-electron chi connectivity index (χ0n) is 13.3. The van der Waals surface area contributed by atoms with E-state index in [2.05, 4.69) is 5.32 Å². The Labute approximate surface area is 153 Å². The maximum absolute atomic E-state index is 13.6. The Morgan fingerprint density at radius 2 is 1.84 bits per heavy atom. The summed E-state index contributed by atoms with van der Waals surface area (Å²) in [5, 5.41) is 3.33. The van der Waals surface area contributed by atoms with Crippen molar-refractivity contribution in [2.75, 3.05) is 0 Å². The van der Waals surface area contributed by atoms with Gasteiger partial charge in [-0.3, -0.25) is 9.59 Å². The van der Waals surface area contributed by atoms with Crippen LogP contribution in [0.5, 0.6) is 0 Å². The Kier molecular flexibility index (Phi) is 4.54. The molecule has 0 bridgehead atoms. The van der Waals surface area contributed by atoms with Crippen LogP contribution < -0.4 is 5.32 Å². The van der Waals surface area contributed by atoms with Gasteiger partial charge in [0.05, 0.1) is 16.1 Å². The SMILES string of the molecule is CC(=O)OC1=C(c2ccc(Cl)cc2Cl)C(=O)NC12CCC(F)(F)CC2. The molecule has 1 spiro atoms. The second-order valence-electron chi connectivity index (χ2n) is 6.31. The van der Waals surface area contributed by atoms with E-state index in [1.54, 1.807) is 12.1 Å². The molecular weight excluding hydrogens is 375 g/mol. The van der Waals surface area contributed by atoms with E-state index in [4.69, 9.17) is 27.9 Å². The van der Waals surface area contributed by atoms with Crippen molar-refractivity contribution in [3.05, 3.63) is 39.6 Å². The van der Waals surface area contributed by atoms with E-state index < -0.39 is 36.2 Å². The lowest BCUT2D eigenvalue weighted by Crippen LogP contribution is -2.50. The minimum absolute atomic E-state index is 0.0247. The summed E-state index contributed by atoms with van der Waals surface area (Å²) in [6, 6.07) is 4.55. The monoisotopic (exact) mass is 389 g/mol. The number of nitrogens with one attached hydrogen (secondary N) is 1. The predicted octanol–water partition coefficient (Wildman–Crippen LogP) is 4.35. The van der Waals surface area contributed by atoms with Gasteiger partial charge in [0.2, 0.25) is 5.92 Å². The van der Waals surface area contributed by atoms with Crippen molar-refractivity contribution in [3.63, 3.8) is 0 Å². The largest absolute Gasteiger partial charge is 0.428 e. The van der Waals surface area contributed by atoms with Crippen molar-refractivity contribution < 1.29 is 23.1 Å². The highest BCUT2D eigenvalue weighted by atomic mass is 35.5. The molecule has 1 saturated carbocycles. The van der Waals surface area contributed by atoms with E-state index in [0.29, 0.717) is 10.6 Å². The number of hydrogen-bond donors (Lipinski definition) is 1. The van der Waals surface area contributed by atoms with Gasteiger partial charge in [-0.25, -0.2) is 8.78 Å². The summed E-state index contributed by atoms with van der Waals surface area (Å²) in [5.74, 6) is -3.88. The molecule has 1 aliphatic carbocycles. The number of rotatable bonds is 2. The van der Waals surface area contributed by atoms with Crippen molar-refractivity contribution >= 4 is 40.7 Å². The van der Waals surface area contributed by atoms with Gasteiger partial charge in [0.1, 0.15) is 5.76 Å². The molecule has 1 fully saturated rings. The van der Waals surface area contributed by atoms with E-state index in [1.807, 2.05) is 0 Å². The average Bonchev–Trinajstić information content (AvgIpc) is 2.75. The number of amides is 1. The molecule has 0 aromatic heterocycles. The summed E-state index contributed by atoms with van der Waals surface area (Å²) in [5.41, 5.74) is -0.695. The van der Waals surface area contributed by atoms with Crippen LogP contribution in [0.25, 0.3) is 5.57 Å². The highest BCUT2D eigenvalue weighted by Gasteiger charge is 2.53. The van der Waals surface area contributed by atoms with Crippen LogP contribution in [0, 0.1) is 0 Å². The molecule has 0 unspecified atom stereocenters. The van der Waals surface area contributed by atoms with E-state index in [-0.39, 0.29) is 29.2 Å². The molecule has 1 heterocycles. The Morgan fingerprint density at radius 3 is 2.40 bits per heavy atom. The minimum atomic E-state index is -2.79. The lowest BCUT2D eigenvalue weighted by molar-refractivity contribution is -0.139. The van der Waals surface area contributed by atoms with Gasteiger partial charge in [0, 0.05) is 30.4 Å². The van der Waals surface area contributed by atoms with Gasteiger partial charge in [0.15, 0.2) is 0 Å². The Morgan fingerprint density at radius 1 is 1.20 bits per heavy atom. The van der Waals surface area contributed by atoms with Crippen LogP contribution in [0.4, 0.5) is 8.78 Å². The maximum Gasteiger partial charge on any atom is 0.307 e. The third-order valence-corrected chi connectivity index (χ3v) is 5.07. The molecular formula is C17H15Cl2F2NO3. The van der Waals surface area contributed by atoms with E-state index in [9.17, 15) is 18.4 Å². The topological polar surface area (TPSA) is 55.4 Å². The fraction of sp³-hybridized carbons (Fsp3) is 0.412. The van der Waals surface area contributed by atoms with Crippen LogP contribution in [-0.4, -0.2) is 23.3 Å². The van der Waals surface area contributed by atoms with Gasteiger partial charge >= 0.3 is 5.97 Å². The lowest BCUT2D eigenvalue weighted by Gasteiger charge is -2.38. The summed E-state index contributed by atoms with van der Waals surface area (Å²) < 4.78 is 32.5. The molecule has 3 rings (SSSR count). The van der Waals surface area contributed by atoms with Crippen molar-refractivity contribution in [3.8, 4) is 0 Å². The third kappa shape index (κ3) is 3.37. The molecule has 134 valence electrons. The normalized spacial score (nSPS) is 21.4. The molecule has 2 aliphatic rings. The van der Waals surface area contributed by atoms with E-state index in [0.717, 1.165) is 0 Å². The number of hydrogen-bond acceptors (Lipinski definition) is 3. The van der Waals surface area contributed by atoms with Crippen LogP contribution in [-0.2, 0) is 14.3 Å². The van der Waals surface area contributed by atoms with Gasteiger partial charge in [-0.2, -0.15) is 0 Å². The van der Waals surface area contributed by atoms with Crippen LogP contribution >= 0.6 is 23.2 Å². The molecule has 1 aliphatic heterocycles. The number of alkyl halides is 2. The quantitative estimate of drug-likeness (QED) is 0.765. The highest BCUT2D eigenvalue weighted by Crippen LogP contribution is 2.48. The molecule has 0 atom stereocenters. The summed E-state index contributed by atoms with van der Waals surface area (Å²) in [4.78, 5) is 24.2. The molecule has 0 radical (unpaired) electrons. The number of carbonyl (C=O) groups is 2. The lowest BCUT2D eigenvalue weighted by atomic mass is 9.78. The first-order chi connectivity index (χ1) is 11.6. The number of benzene rings is 1. The first-order valence-electron chi connectivity index (χ1n) is 7.72. The Hall–Kier alpha value is -1.66. The van der Waals surface area contributed by atoms with E-state index in [1.165, 1.54) is 13.0 Å². The molecule has 4 nitrogen and oxygen atoms in total. The van der Waals surface area contributed by atoms with Crippen LogP contribution in [0.1, 0.15) is 38.2 Å². The molecule has 0 saturated heterocycles. The number of ether oxygens (including phenoxy) is 1. The van der Waals surface area contributed by atoms with Crippen LogP contribution in [0.15, 0.2) is 24.0 Å². The van der Waals surface area contributed by atoms with E-state index >= 15 is 0 Å². The zero-order chi connectivity index (χ0) is 18.4. The average molecular weight is 390 g/mol. The molecule has 1 amide bonds. The first-order valence-corrected chi connectivity index (χ1v) is 8.48. The van der Waals surface area contributed by atoms with Gasteiger partial charge in [0.25, 0.3) is 5.91 Å². The van der Waals surface area contributed by atoms with Crippen LogP contribution in [0.2, 0.25) is 10.0 Å². The number of esters is 1. The third-order valence-electron chi connectivity index (χ3n) is 4.52. The summed E-state index contributed by atoms with van der Waals surface area (Å²) in [6.07, 6.45) is -0.856. The molecule has 1 N–H and O–H groups in total. The second-order valence-corrected chi connectivity index (χ2v) is 7.16. The van der Waals surface area contributed by atoms with Gasteiger partial charge in [-0.15, -0.1) is 0 Å². The molecule has 1 aromatic carbocycles. The Bertz CT molecular complexity index is 782.